The summed E-state index contributed by atoms with van der Waals surface area (Å²) in [5.41, 5.74) is -0.442. The Morgan fingerprint density at radius 3 is 2.54 bits per heavy atom. The highest BCUT2D eigenvalue weighted by Crippen LogP contribution is 2.47. The van der Waals surface area contributed by atoms with Gasteiger partial charge in [-0.05, 0) is 42.5 Å². The lowest BCUT2D eigenvalue weighted by Crippen LogP contribution is -2.62. The normalized spacial score (nSPS) is 21.5. The highest BCUT2D eigenvalue weighted by Gasteiger charge is 2.54. The van der Waals surface area contributed by atoms with E-state index in [4.69, 9.17) is 25.8 Å². The van der Waals surface area contributed by atoms with Crippen molar-refractivity contribution in [2.45, 2.75) is 37.5 Å². The molecule has 0 saturated carbocycles. The molecule has 0 aliphatic carbocycles. The molecule has 0 radical (unpaired) electrons. The van der Waals surface area contributed by atoms with E-state index in [0.717, 1.165) is 0 Å². The number of fused-ring (bicyclic) bond motifs is 1. The van der Waals surface area contributed by atoms with Crippen LogP contribution in [0.2, 0.25) is 5.02 Å². The van der Waals surface area contributed by atoms with Crippen molar-refractivity contribution >= 4 is 23.0 Å². The molecular formula is C22H25ClN6O6. The van der Waals surface area contributed by atoms with E-state index in [1.807, 2.05) is 4.90 Å². The molecule has 1 aliphatic rings. The lowest BCUT2D eigenvalue weighted by atomic mass is 9.83. The van der Waals surface area contributed by atoms with Gasteiger partial charge in [-0.25, -0.2) is 0 Å². The van der Waals surface area contributed by atoms with Gasteiger partial charge in [-0.15, -0.1) is 10.2 Å². The number of aryl methyl sites for hydroxylation is 1. The Kier molecular flexibility index (Phi) is 6.90. The summed E-state index contributed by atoms with van der Waals surface area (Å²) in [5, 5.41) is 36.1. The van der Waals surface area contributed by atoms with Crippen molar-refractivity contribution in [3.8, 4) is 5.75 Å². The summed E-state index contributed by atoms with van der Waals surface area (Å²) in [6.45, 7) is 1.79. The quantitative estimate of drug-likeness (QED) is 0.276. The number of aromatic nitrogens is 4. The molecule has 0 saturated heterocycles. The van der Waals surface area contributed by atoms with Crippen LogP contribution in [0, 0.1) is 10.1 Å². The fourth-order valence-corrected chi connectivity index (χ4v) is 4.49. The molecule has 3 atom stereocenters. The van der Waals surface area contributed by atoms with E-state index in [1.165, 1.54) is 37.2 Å². The largest absolute Gasteiger partial charge is 0.479 e. The Balaban J connectivity index is 1.92. The fraction of sp³-hybridized carbons (Fsp3) is 0.409. The molecule has 13 heteroatoms. The number of ether oxygens (including phenoxy) is 3. The summed E-state index contributed by atoms with van der Waals surface area (Å²) in [6, 6.07) is 10.4. The minimum absolute atomic E-state index is 0.125. The van der Waals surface area contributed by atoms with Crippen molar-refractivity contribution in [1.29, 1.82) is 0 Å². The number of halogens is 1. The van der Waals surface area contributed by atoms with Crippen LogP contribution in [0.1, 0.15) is 24.4 Å². The first-order chi connectivity index (χ1) is 16.7. The third-order valence-corrected chi connectivity index (χ3v) is 6.24. The number of hydrogen-bond donors (Lipinski definition) is 1. The number of tetrazole rings is 1. The van der Waals surface area contributed by atoms with Crippen molar-refractivity contribution < 1.29 is 24.2 Å². The highest BCUT2D eigenvalue weighted by atomic mass is 35.5. The van der Waals surface area contributed by atoms with Gasteiger partial charge in [0.05, 0.1) is 24.6 Å². The van der Waals surface area contributed by atoms with Gasteiger partial charge in [0.2, 0.25) is 0 Å². The molecule has 4 rings (SSSR count). The SMILES string of the molecule is COC(OC)[C@@]1(C)Oc2ccc([N+](=O)[O-])cc2[C@@H](N(Cc2nnn(C)n2)c2ccc(Cl)cc2)[C@H]1O. The number of anilines is 1. The number of non-ortho nitro benzene ring substituents is 1. The van der Waals surface area contributed by atoms with E-state index in [0.29, 0.717) is 27.8 Å². The van der Waals surface area contributed by atoms with Gasteiger partial charge in [0.1, 0.15) is 11.9 Å². The van der Waals surface area contributed by atoms with Gasteiger partial charge in [0, 0.05) is 42.6 Å². The Labute approximate surface area is 206 Å². The number of nitrogens with zero attached hydrogens (tertiary/aromatic N) is 6. The average molecular weight is 505 g/mol. The van der Waals surface area contributed by atoms with Gasteiger partial charge in [0.15, 0.2) is 17.7 Å². The average Bonchev–Trinajstić information content (AvgIpc) is 3.24. The zero-order valence-corrected chi connectivity index (χ0v) is 20.3. The highest BCUT2D eigenvalue weighted by molar-refractivity contribution is 6.30. The molecule has 3 aromatic rings. The smallest absolute Gasteiger partial charge is 0.270 e. The second-order valence-electron chi connectivity index (χ2n) is 8.26. The molecule has 0 fully saturated rings. The van der Waals surface area contributed by atoms with E-state index >= 15 is 0 Å². The van der Waals surface area contributed by atoms with Gasteiger partial charge >= 0.3 is 0 Å². The minimum atomic E-state index is -1.38. The van der Waals surface area contributed by atoms with Crippen LogP contribution in [-0.4, -0.2) is 62.5 Å². The van der Waals surface area contributed by atoms with E-state index in [1.54, 1.807) is 38.2 Å². The fourth-order valence-electron chi connectivity index (χ4n) is 4.37. The third-order valence-electron chi connectivity index (χ3n) is 5.99. The summed E-state index contributed by atoms with van der Waals surface area (Å²) >= 11 is 6.12. The van der Waals surface area contributed by atoms with Crippen LogP contribution in [0.5, 0.6) is 5.75 Å². The molecule has 2 heterocycles. The monoisotopic (exact) mass is 504 g/mol. The van der Waals surface area contributed by atoms with Gasteiger partial charge in [-0.1, -0.05) is 11.6 Å². The van der Waals surface area contributed by atoms with Crippen molar-refractivity contribution in [3.05, 3.63) is 69.0 Å². The molecule has 1 aromatic heterocycles. The molecule has 2 aromatic carbocycles. The van der Waals surface area contributed by atoms with Crippen LogP contribution >= 0.6 is 11.6 Å². The van der Waals surface area contributed by atoms with Crippen molar-refractivity contribution in [3.63, 3.8) is 0 Å². The number of methoxy groups -OCH3 is 2. The summed E-state index contributed by atoms with van der Waals surface area (Å²) in [6.07, 6.45) is -2.22. The van der Waals surface area contributed by atoms with E-state index < -0.39 is 29.0 Å². The molecule has 0 unspecified atom stereocenters. The number of hydrogen-bond acceptors (Lipinski definition) is 10. The number of aliphatic hydroxyl groups excluding tert-OH is 1. The first-order valence-electron chi connectivity index (χ1n) is 10.6. The Morgan fingerprint density at radius 2 is 1.97 bits per heavy atom. The van der Waals surface area contributed by atoms with E-state index in [2.05, 4.69) is 15.4 Å². The number of aliphatic hydroxyl groups is 1. The van der Waals surface area contributed by atoms with Crippen LogP contribution in [0.25, 0.3) is 0 Å². The maximum atomic E-state index is 11.8. The van der Waals surface area contributed by atoms with Gasteiger partial charge in [0.25, 0.3) is 5.69 Å². The first kappa shape index (κ1) is 24.8. The van der Waals surface area contributed by atoms with E-state index in [9.17, 15) is 15.2 Å². The Hall–Kier alpha value is -3.32. The third kappa shape index (κ3) is 4.65. The predicted octanol–water partition coefficient (Wildman–Crippen LogP) is 2.65. The molecule has 35 heavy (non-hydrogen) atoms. The number of nitro groups is 1. The molecule has 0 bridgehead atoms. The van der Waals surface area contributed by atoms with Gasteiger partial charge in [-0.3, -0.25) is 10.1 Å². The number of nitro benzene ring substituents is 1. The number of rotatable bonds is 8. The maximum absolute atomic E-state index is 11.8. The topological polar surface area (TPSA) is 138 Å². The standard InChI is InChI=1S/C22H25ClN6O6/c1-22(21(33-3)34-4)20(30)19(16-11-15(29(31)32)9-10-17(16)35-22)28(12-18-24-26-27(2)25-18)14-7-5-13(23)6-8-14/h5-11,19-21,30H,12H2,1-4H3/t19-,20-,22+/m1/s1. The molecule has 0 spiro atoms. The molecule has 0 amide bonds. The van der Waals surface area contributed by atoms with Crippen LogP contribution in [0.3, 0.4) is 0 Å². The molecular weight excluding hydrogens is 480 g/mol. The zero-order chi connectivity index (χ0) is 25.3. The van der Waals surface area contributed by atoms with Crippen molar-refractivity contribution in [1.82, 2.24) is 20.2 Å². The summed E-state index contributed by atoms with van der Waals surface area (Å²) in [4.78, 5) is 14.2. The lowest BCUT2D eigenvalue weighted by molar-refractivity contribution is -0.385. The van der Waals surface area contributed by atoms with Crippen LogP contribution in [-0.2, 0) is 23.1 Å². The van der Waals surface area contributed by atoms with Crippen LogP contribution in [0.15, 0.2) is 42.5 Å². The lowest BCUT2D eigenvalue weighted by Gasteiger charge is -2.49. The van der Waals surface area contributed by atoms with Crippen molar-refractivity contribution in [2.24, 2.45) is 7.05 Å². The van der Waals surface area contributed by atoms with Gasteiger partial charge < -0.3 is 24.2 Å². The van der Waals surface area contributed by atoms with Crippen molar-refractivity contribution in [2.75, 3.05) is 19.1 Å². The van der Waals surface area contributed by atoms with Crippen LogP contribution < -0.4 is 9.64 Å². The maximum Gasteiger partial charge on any atom is 0.270 e. The summed E-state index contributed by atoms with van der Waals surface area (Å²) < 4.78 is 17.1. The second kappa shape index (κ2) is 9.74. The van der Waals surface area contributed by atoms with Gasteiger partial charge in [-0.2, -0.15) is 4.80 Å². The van der Waals surface area contributed by atoms with Crippen LogP contribution in [0.4, 0.5) is 11.4 Å². The Bertz CT molecular complexity index is 1200. The Morgan fingerprint density at radius 1 is 1.29 bits per heavy atom. The molecule has 1 N–H and O–H groups in total. The molecule has 186 valence electrons. The minimum Gasteiger partial charge on any atom is -0.479 e. The number of benzene rings is 2. The second-order valence-corrected chi connectivity index (χ2v) is 8.69. The predicted molar refractivity (Wildman–Crippen MR) is 125 cm³/mol. The summed E-state index contributed by atoms with van der Waals surface area (Å²) in [7, 11) is 4.52. The molecule has 1 aliphatic heterocycles. The zero-order valence-electron chi connectivity index (χ0n) is 19.5. The first-order valence-corrected chi connectivity index (χ1v) is 11.0. The molecule has 12 nitrogen and oxygen atoms in total. The summed E-state index contributed by atoms with van der Waals surface area (Å²) in [5.74, 6) is 0.725. The van der Waals surface area contributed by atoms with E-state index in [-0.39, 0.29) is 12.2 Å².